The normalized spacial score (nSPS) is 12.8. The molecule has 0 fully saturated rings. The summed E-state index contributed by atoms with van der Waals surface area (Å²) in [7, 11) is -2.25. The third-order valence-corrected chi connectivity index (χ3v) is 8.14. The molecule has 1 unspecified atom stereocenters. The minimum absolute atomic E-state index is 0.0226. The molecule has 0 amide bonds. The second-order valence-electron chi connectivity index (χ2n) is 8.47. The molecule has 3 aromatic carbocycles. The van der Waals surface area contributed by atoms with Crippen LogP contribution < -0.4 is 15.2 Å². The predicted molar refractivity (Wildman–Crippen MR) is 149 cm³/mol. The number of nitrogens with two attached hydrogens (primary N) is 1. The van der Waals surface area contributed by atoms with Gasteiger partial charge in [-0.2, -0.15) is 0 Å². The van der Waals surface area contributed by atoms with Gasteiger partial charge in [-0.1, -0.05) is 41.6 Å². The molecule has 0 aliphatic rings. The van der Waals surface area contributed by atoms with Gasteiger partial charge in [-0.3, -0.25) is 0 Å². The molecule has 10 nitrogen and oxygen atoms in total. The number of rotatable bonds is 12. The number of benzene rings is 3. The zero-order valence-corrected chi connectivity index (χ0v) is 23.0. The Kier molecular flexibility index (Phi) is 9.25. The monoisotopic (exact) mass is 568 g/mol. The van der Waals surface area contributed by atoms with Crippen LogP contribution in [0.25, 0.3) is 10.2 Å². The molecule has 0 saturated carbocycles. The lowest BCUT2D eigenvalue weighted by atomic mass is 10.0. The number of fused-ring (bicyclic) bond motifs is 1. The van der Waals surface area contributed by atoms with Crippen LogP contribution in [0.3, 0.4) is 0 Å². The number of aromatic nitrogens is 1. The maximum absolute atomic E-state index is 13.3. The molecule has 3 N–H and O–H groups in total. The van der Waals surface area contributed by atoms with Crippen LogP contribution in [0.15, 0.2) is 82.8 Å². The van der Waals surface area contributed by atoms with Crippen LogP contribution in [0, 0.1) is 0 Å². The third-order valence-electron chi connectivity index (χ3n) is 5.52. The van der Waals surface area contributed by atoms with E-state index in [2.05, 4.69) is 14.7 Å². The van der Waals surface area contributed by atoms with Crippen molar-refractivity contribution >= 4 is 43.4 Å². The van der Waals surface area contributed by atoms with Gasteiger partial charge in [0.05, 0.1) is 27.8 Å². The Morgan fingerprint density at radius 3 is 2.62 bits per heavy atom. The number of carbonyl (C=O) groups is 1. The number of sulfonamides is 1. The first-order valence-electron chi connectivity index (χ1n) is 11.9. The van der Waals surface area contributed by atoms with Gasteiger partial charge in [-0.25, -0.2) is 22.9 Å². The quantitative estimate of drug-likeness (QED) is 0.0865. The predicted octanol–water partition coefficient (Wildman–Crippen LogP) is 3.77. The minimum Gasteiger partial charge on any atom is -0.491 e. The number of amidine groups is 1. The number of nitrogens with zero attached hydrogens (tertiary/aromatic N) is 2. The van der Waals surface area contributed by atoms with Gasteiger partial charge in [0.1, 0.15) is 17.4 Å². The topological polar surface area (TPSA) is 142 Å². The molecule has 204 valence electrons. The van der Waals surface area contributed by atoms with E-state index in [1.54, 1.807) is 43.5 Å². The van der Waals surface area contributed by atoms with E-state index in [0.717, 1.165) is 15.8 Å². The Balaban J connectivity index is 1.67. The lowest BCUT2D eigenvalue weighted by Gasteiger charge is -2.17. The third kappa shape index (κ3) is 7.60. The standard InChI is InChI=1S/C27H28N4O6S2/c1-18(32)37-30-26(28)20-8-6-7-19(15-20)16-24(31-39(33,34)22-9-4-3-5-10-22)27-29-23-12-11-21(17-25(23)38-27)36-14-13-35-2/h3-12,15,17,24,31H,13-14,16H2,1-2H3,(H2,28,30). The molecule has 0 radical (unpaired) electrons. The summed E-state index contributed by atoms with van der Waals surface area (Å²) >= 11 is 1.38. The minimum atomic E-state index is -3.86. The van der Waals surface area contributed by atoms with Gasteiger partial charge in [-0.15, -0.1) is 11.3 Å². The Hall–Kier alpha value is -3.84. The Morgan fingerprint density at radius 1 is 1.08 bits per heavy atom. The van der Waals surface area contributed by atoms with Crippen LogP contribution in [-0.4, -0.2) is 45.5 Å². The molecule has 0 spiro atoms. The number of hydrogen-bond acceptors (Lipinski definition) is 9. The molecule has 39 heavy (non-hydrogen) atoms. The molecular formula is C27H28N4O6S2. The summed E-state index contributed by atoms with van der Waals surface area (Å²) in [5.41, 5.74) is 8.00. The van der Waals surface area contributed by atoms with E-state index in [4.69, 9.17) is 20.2 Å². The fraction of sp³-hybridized carbons (Fsp3) is 0.222. The molecular weight excluding hydrogens is 540 g/mol. The van der Waals surface area contributed by atoms with Gasteiger partial charge in [0.15, 0.2) is 5.84 Å². The molecule has 4 aromatic rings. The lowest BCUT2D eigenvalue weighted by Crippen LogP contribution is -2.30. The van der Waals surface area contributed by atoms with E-state index in [0.29, 0.717) is 29.5 Å². The van der Waals surface area contributed by atoms with Crippen LogP contribution in [0.1, 0.15) is 29.1 Å². The summed E-state index contributed by atoms with van der Waals surface area (Å²) in [5.74, 6) is 0.105. The summed E-state index contributed by atoms with van der Waals surface area (Å²) in [6.07, 6.45) is 0.276. The zero-order chi connectivity index (χ0) is 27.8. The highest BCUT2D eigenvalue weighted by Crippen LogP contribution is 2.32. The van der Waals surface area contributed by atoms with E-state index < -0.39 is 22.0 Å². The van der Waals surface area contributed by atoms with E-state index in [-0.39, 0.29) is 17.2 Å². The van der Waals surface area contributed by atoms with Crippen LogP contribution in [0.4, 0.5) is 0 Å². The van der Waals surface area contributed by atoms with Crippen molar-refractivity contribution in [3.8, 4) is 5.75 Å². The number of thiazole rings is 1. The smallest absolute Gasteiger partial charge is 0.332 e. The molecule has 12 heteroatoms. The van der Waals surface area contributed by atoms with E-state index in [1.807, 2.05) is 24.3 Å². The molecule has 1 heterocycles. The average molecular weight is 569 g/mol. The highest BCUT2D eigenvalue weighted by Gasteiger charge is 2.25. The van der Waals surface area contributed by atoms with E-state index >= 15 is 0 Å². The molecule has 0 aliphatic carbocycles. The SMILES string of the molecule is COCCOc1ccc2nc(C(Cc3cccc(C(N)=NOC(C)=O)c3)NS(=O)(=O)c3ccccc3)sc2c1. The van der Waals surface area contributed by atoms with Crippen molar-refractivity contribution < 1.29 is 27.5 Å². The van der Waals surface area contributed by atoms with Gasteiger partial charge < -0.3 is 20.0 Å². The molecule has 1 atom stereocenters. The van der Waals surface area contributed by atoms with Crippen molar-refractivity contribution in [2.75, 3.05) is 20.3 Å². The maximum Gasteiger partial charge on any atom is 0.332 e. The number of ether oxygens (including phenoxy) is 2. The molecule has 4 rings (SSSR count). The Labute approximate surface area is 230 Å². The second-order valence-corrected chi connectivity index (χ2v) is 11.2. The zero-order valence-electron chi connectivity index (χ0n) is 21.4. The van der Waals surface area contributed by atoms with E-state index in [1.165, 1.54) is 30.4 Å². The fourth-order valence-corrected chi connectivity index (χ4v) is 6.04. The van der Waals surface area contributed by atoms with Crippen molar-refractivity contribution in [3.05, 3.63) is 88.9 Å². The number of hydrogen-bond donors (Lipinski definition) is 2. The second kappa shape index (κ2) is 12.8. The Morgan fingerprint density at radius 2 is 1.87 bits per heavy atom. The lowest BCUT2D eigenvalue weighted by molar-refractivity contribution is -0.140. The fourth-order valence-electron chi connectivity index (χ4n) is 3.70. The number of oxime groups is 1. The van der Waals surface area contributed by atoms with Crippen LogP contribution in [-0.2, 0) is 30.8 Å². The van der Waals surface area contributed by atoms with Crippen molar-refractivity contribution in [1.29, 1.82) is 0 Å². The first kappa shape index (κ1) is 28.2. The highest BCUT2D eigenvalue weighted by molar-refractivity contribution is 7.89. The average Bonchev–Trinajstić information content (AvgIpc) is 3.36. The summed E-state index contributed by atoms with van der Waals surface area (Å²) < 4.78 is 41.0. The summed E-state index contributed by atoms with van der Waals surface area (Å²) in [6.45, 7) is 2.10. The van der Waals surface area contributed by atoms with Crippen LogP contribution in [0.5, 0.6) is 5.75 Å². The van der Waals surface area contributed by atoms with Crippen molar-refractivity contribution in [2.45, 2.75) is 24.3 Å². The van der Waals surface area contributed by atoms with Crippen molar-refractivity contribution in [1.82, 2.24) is 9.71 Å². The van der Waals surface area contributed by atoms with Crippen LogP contribution >= 0.6 is 11.3 Å². The van der Waals surface area contributed by atoms with E-state index in [9.17, 15) is 13.2 Å². The number of nitrogens with one attached hydrogen (secondary N) is 1. The molecule has 0 saturated heterocycles. The summed E-state index contributed by atoms with van der Waals surface area (Å²) in [6, 6.07) is 20.1. The van der Waals surface area contributed by atoms with Gasteiger partial charge in [0.2, 0.25) is 10.0 Å². The number of methoxy groups -OCH3 is 1. The van der Waals surface area contributed by atoms with Gasteiger partial charge in [0.25, 0.3) is 0 Å². The molecule has 0 aliphatic heterocycles. The Bertz CT molecular complexity index is 1570. The highest BCUT2D eigenvalue weighted by atomic mass is 32.2. The maximum atomic E-state index is 13.3. The van der Waals surface area contributed by atoms with Crippen molar-refractivity contribution in [2.24, 2.45) is 10.9 Å². The molecule has 1 aromatic heterocycles. The number of carbonyl (C=O) groups excluding carboxylic acids is 1. The van der Waals surface area contributed by atoms with Gasteiger partial charge in [-0.05, 0) is 48.4 Å². The van der Waals surface area contributed by atoms with Gasteiger partial charge >= 0.3 is 5.97 Å². The first-order valence-corrected chi connectivity index (χ1v) is 14.2. The van der Waals surface area contributed by atoms with Gasteiger partial charge in [0, 0.05) is 19.6 Å². The summed E-state index contributed by atoms with van der Waals surface area (Å²) in [5, 5.41) is 4.23. The largest absolute Gasteiger partial charge is 0.491 e. The first-order chi connectivity index (χ1) is 18.7. The molecule has 0 bridgehead atoms. The summed E-state index contributed by atoms with van der Waals surface area (Å²) in [4.78, 5) is 20.6. The van der Waals surface area contributed by atoms with Crippen molar-refractivity contribution in [3.63, 3.8) is 0 Å². The van der Waals surface area contributed by atoms with Crippen LogP contribution in [0.2, 0.25) is 0 Å².